The molecule has 0 aliphatic rings. The van der Waals surface area contributed by atoms with E-state index >= 15 is 0 Å². The summed E-state index contributed by atoms with van der Waals surface area (Å²) in [6.45, 7) is 1.99. The maximum atomic E-state index is 12.0. The van der Waals surface area contributed by atoms with Gasteiger partial charge in [-0.15, -0.1) is 10.2 Å². The maximum Gasteiger partial charge on any atom is 0.269 e. The summed E-state index contributed by atoms with van der Waals surface area (Å²) >= 11 is 4.54. The molecule has 0 saturated carbocycles. The van der Waals surface area contributed by atoms with E-state index < -0.39 is 0 Å². The Morgan fingerprint density at radius 3 is 2.59 bits per heavy atom. The Morgan fingerprint density at radius 2 is 1.85 bits per heavy atom. The molecule has 0 fully saturated rings. The van der Waals surface area contributed by atoms with Crippen molar-refractivity contribution in [3.63, 3.8) is 0 Å². The lowest BCUT2D eigenvalue weighted by Crippen LogP contribution is -2.42. The van der Waals surface area contributed by atoms with E-state index in [1.807, 2.05) is 35.8 Å². The largest absolute Gasteiger partial charge is 0.276 e. The first kappa shape index (κ1) is 19.1. The van der Waals surface area contributed by atoms with Crippen molar-refractivity contribution in [1.29, 1.82) is 0 Å². The number of aryl methyl sites for hydroxylation is 1. The van der Waals surface area contributed by atoms with Crippen LogP contribution < -0.4 is 10.9 Å². The van der Waals surface area contributed by atoms with Gasteiger partial charge in [-0.25, -0.2) is 0 Å². The molecule has 3 rings (SSSR count). The summed E-state index contributed by atoms with van der Waals surface area (Å²) in [5.74, 6) is -0.640. The van der Waals surface area contributed by atoms with Crippen molar-refractivity contribution in [2.24, 2.45) is 0 Å². The van der Waals surface area contributed by atoms with E-state index in [1.54, 1.807) is 30.6 Å². The van der Waals surface area contributed by atoms with E-state index in [-0.39, 0.29) is 17.6 Å². The van der Waals surface area contributed by atoms with Crippen LogP contribution in [0.1, 0.15) is 15.9 Å². The van der Waals surface area contributed by atoms with Crippen molar-refractivity contribution in [3.8, 4) is 5.69 Å². The predicted molar refractivity (Wildman–Crippen MR) is 107 cm³/mol. The maximum absolute atomic E-state index is 12.0. The average molecular weight is 446 g/mol. The van der Waals surface area contributed by atoms with Crippen molar-refractivity contribution >= 4 is 39.5 Å². The van der Waals surface area contributed by atoms with Gasteiger partial charge in [-0.2, -0.15) is 0 Å². The summed E-state index contributed by atoms with van der Waals surface area (Å²) in [7, 11) is 0. The molecule has 0 unspecified atom stereocenters. The zero-order valence-corrected chi connectivity index (χ0v) is 16.8. The summed E-state index contributed by atoms with van der Waals surface area (Å²) in [6.07, 6.45) is 1.61. The minimum Gasteiger partial charge on any atom is -0.276 e. The molecule has 27 heavy (non-hydrogen) atoms. The number of hydrazine groups is 1. The first-order valence-electron chi connectivity index (χ1n) is 7.98. The standard InChI is InChI=1S/C18H16BrN5O2S/c1-12-4-2-3-5-15(12)24-11-20-23-18(24)27-10-16(25)21-22-17(26)13-6-8-14(19)9-7-13/h2-9,11H,10H2,1H3,(H,21,25)(H,22,26). The zero-order chi connectivity index (χ0) is 19.2. The van der Waals surface area contributed by atoms with Gasteiger partial charge in [0.25, 0.3) is 5.91 Å². The van der Waals surface area contributed by atoms with Crippen LogP contribution in [0.5, 0.6) is 0 Å². The van der Waals surface area contributed by atoms with Gasteiger partial charge in [0.2, 0.25) is 5.91 Å². The van der Waals surface area contributed by atoms with E-state index in [1.165, 1.54) is 11.8 Å². The molecule has 0 bridgehead atoms. The highest BCUT2D eigenvalue weighted by atomic mass is 79.9. The molecular weight excluding hydrogens is 430 g/mol. The number of hydrogen-bond donors (Lipinski definition) is 2. The van der Waals surface area contributed by atoms with Crippen LogP contribution in [0.3, 0.4) is 0 Å². The summed E-state index contributed by atoms with van der Waals surface area (Å²) in [6, 6.07) is 14.7. The first-order chi connectivity index (χ1) is 13.0. The SMILES string of the molecule is Cc1ccccc1-n1cnnc1SCC(=O)NNC(=O)c1ccc(Br)cc1. The molecule has 0 aliphatic heterocycles. The fourth-order valence-corrected chi connectivity index (χ4v) is 3.27. The third kappa shape index (κ3) is 4.95. The van der Waals surface area contributed by atoms with E-state index in [9.17, 15) is 9.59 Å². The minimum atomic E-state index is -0.385. The third-order valence-electron chi connectivity index (χ3n) is 3.65. The number of aromatic nitrogens is 3. The van der Waals surface area contributed by atoms with Crippen molar-refractivity contribution in [1.82, 2.24) is 25.6 Å². The molecule has 1 aromatic heterocycles. The fourth-order valence-electron chi connectivity index (χ4n) is 2.29. The highest BCUT2D eigenvalue weighted by molar-refractivity contribution is 9.10. The summed E-state index contributed by atoms with van der Waals surface area (Å²) in [5.41, 5.74) is 7.27. The molecule has 7 nitrogen and oxygen atoms in total. The van der Waals surface area contributed by atoms with Crippen LogP contribution in [-0.2, 0) is 4.79 Å². The van der Waals surface area contributed by atoms with Gasteiger partial charge in [0.15, 0.2) is 5.16 Å². The third-order valence-corrected chi connectivity index (χ3v) is 5.12. The van der Waals surface area contributed by atoms with Crippen LogP contribution in [-0.4, -0.2) is 32.3 Å². The van der Waals surface area contributed by atoms with Crippen LogP contribution >= 0.6 is 27.7 Å². The normalized spacial score (nSPS) is 10.4. The first-order valence-corrected chi connectivity index (χ1v) is 9.76. The highest BCUT2D eigenvalue weighted by Gasteiger charge is 2.12. The highest BCUT2D eigenvalue weighted by Crippen LogP contribution is 2.21. The quantitative estimate of drug-likeness (QED) is 0.465. The van der Waals surface area contributed by atoms with Crippen LogP contribution in [0.2, 0.25) is 0 Å². The molecule has 2 N–H and O–H groups in total. The van der Waals surface area contributed by atoms with Gasteiger partial charge in [0.1, 0.15) is 6.33 Å². The van der Waals surface area contributed by atoms with Crippen molar-refractivity contribution in [3.05, 3.63) is 70.5 Å². The van der Waals surface area contributed by atoms with Gasteiger partial charge in [0, 0.05) is 10.0 Å². The topological polar surface area (TPSA) is 88.9 Å². The van der Waals surface area contributed by atoms with Gasteiger partial charge >= 0.3 is 0 Å². The second-order valence-electron chi connectivity index (χ2n) is 5.57. The smallest absolute Gasteiger partial charge is 0.269 e. The summed E-state index contributed by atoms with van der Waals surface area (Å²) < 4.78 is 2.70. The van der Waals surface area contributed by atoms with Crippen molar-refractivity contribution in [2.45, 2.75) is 12.1 Å². The van der Waals surface area contributed by atoms with Gasteiger partial charge in [-0.05, 0) is 42.8 Å². The Kier molecular flexibility index (Phi) is 6.25. The Balaban J connectivity index is 1.54. The van der Waals surface area contributed by atoms with Crippen LogP contribution in [0.4, 0.5) is 0 Å². The Labute approximate surface area is 168 Å². The van der Waals surface area contributed by atoms with Crippen molar-refractivity contribution < 1.29 is 9.59 Å². The summed E-state index contributed by atoms with van der Waals surface area (Å²) in [4.78, 5) is 24.0. The number of nitrogens with one attached hydrogen (secondary N) is 2. The number of carbonyl (C=O) groups is 2. The average Bonchev–Trinajstić information content (AvgIpc) is 3.13. The number of halogens is 1. The van der Waals surface area contributed by atoms with E-state index in [0.717, 1.165) is 15.7 Å². The molecule has 9 heteroatoms. The molecule has 3 aromatic rings. The molecule has 138 valence electrons. The molecule has 2 amide bonds. The van der Waals surface area contributed by atoms with E-state index in [4.69, 9.17) is 0 Å². The number of hydrogen-bond acceptors (Lipinski definition) is 5. The molecule has 2 aromatic carbocycles. The number of benzene rings is 2. The van der Waals surface area contributed by atoms with Gasteiger partial charge < -0.3 is 0 Å². The van der Waals surface area contributed by atoms with Crippen LogP contribution in [0.15, 0.2) is 64.5 Å². The Morgan fingerprint density at radius 1 is 1.11 bits per heavy atom. The number of rotatable bonds is 5. The van der Waals surface area contributed by atoms with Crippen molar-refractivity contribution in [2.75, 3.05) is 5.75 Å². The molecule has 1 heterocycles. The number of carbonyl (C=O) groups excluding carboxylic acids is 2. The van der Waals surface area contributed by atoms with Crippen LogP contribution in [0.25, 0.3) is 5.69 Å². The van der Waals surface area contributed by atoms with Gasteiger partial charge in [-0.3, -0.25) is 25.0 Å². The number of amides is 2. The lowest BCUT2D eigenvalue weighted by molar-refractivity contribution is -0.119. The fraction of sp³-hybridized carbons (Fsp3) is 0.111. The molecule has 0 radical (unpaired) electrons. The van der Waals surface area contributed by atoms with E-state index in [2.05, 4.69) is 37.0 Å². The predicted octanol–water partition coefficient (Wildman–Crippen LogP) is 2.89. The second-order valence-corrected chi connectivity index (χ2v) is 7.43. The Bertz CT molecular complexity index is 958. The second kappa shape index (κ2) is 8.83. The van der Waals surface area contributed by atoms with Gasteiger partial charge in [0.05, 0.1) is 11.4 Å². The van der Waals surface area contributed by atoms with E-state index in [0.29, 0.717) is 10.7 Å². The zero-order valence-electron chi connectivity index (χ0n) is 14.3. The summed E-state index contributed by atoms with van der Waals surface area (Å²) in [5, 5.41) is 8.58. The number of thioether (sulfide) groups is 1. The minimum absolute atomic E-state index is 0.0885. The molecule has 0 spiro atoms. The number of nitrogens with zero attached hydrogens (tertiary/aromatic N) is 3. The lowest BCUT2D eigenvalue weighted by atomic mass is 10.2. The molecule has 0 atom stereocenters. The Hall–Kier alpha value is -2.65. The van der Waals surface area contributed by atoms with Crippen LogP contribution in [0, 0.1) is 6.92 Å². The monoisotopic (exact) mass is 445 g/mol. The molecule has 0 saturated heterocycles. The molecule has 0 aliphatic carbocycles. The van der Waals surface area contributed by atoms with Gasteiger partial charge in [-0.1, -0.05) is 45.9 Å². The molecular formula is C18H16BrN5O2S. The number of para-hydroxylation sites is 1. The lowest BCUT2D eigenvalue weighted by Gasteiger charge is -2.09.